The second kappa shape index (κ2) is 11.5. The van der Waals surface area contributed by atoms with E-state index in [1.165, 1.54) is 0 Å². The summed E-state index contributed by atoms with van der Waals surface area (Å²) in [5.74, 6) is -2.99. The number of allylic oxidation sites excluding steroid dienone is 1. The van der Waals surface area contributed by atoms with Crippen molar-refractivity contribution in [3.8, 4) is 0 Å². The zero-order chi connectivity index (χ0) is 31.2. The second-order valence-corrected chi connectivity index (χ2v) is 14.7. The van der Waals surface area contributed by atoms with E-state index in [4.69, 9.17) is 9.47 Å². The van der Waals surface area contributed by atoms with Crippen molar-refractivity contribution in [2.75, 3.05) is 19.8 Å². The first-order chi connectivity index (χ1) is 20.2. The minimum atomic E-state index is -1.40. The van der Waals surface area contributed by atoms with Crippen LogP contribution in [0.3, 0.4) is 0 Å². The molecule has 0 aromatic heterocycles. The molecule has 4 heterocycles. The first-order valence-electron chi connectivity index (χ1n) is 15.7. The van der Waals surface area contributed by atoms with Crippen LogP contribution in [0.5, 0.6) is 0 Å². The van der Waals surface area contributed by atoms with Crippen LogP contribution in [0.2, 0.25) is 0 Å². The molecule has 1 aromatic rings. The lowest BCUT2D eigenvalue weighted by molar-refractivity contribution is -0.163. The van der Waals surface area contributed by atoms with Crippen LogP contribution >= 0.6 is 0 Å². The molecule has 43 heavy (non-hydrogen) atoms. The van der Waals surface area contributed by atoms with Gasteiger partial charge in [-0.3, -0.25) is 14.4 Å². The lowest BCUT2D eigenvalue weighted by Crippen LogP contribution is -2.62. The van der Waals surface area contributed by atoms with Gasteiger partial charge in [0.2, 0.25) is 11.8 Å². The van der Waals surface area contributed by atoms with Gasteiger partial charge in [-0.2, -0.15) is 0 Å². The largest absolute Gasteiger partial charge is 0.465 e. The number of cyclic esters (lactones) is 1. The van der Waals surface area contributed by atoms with Gasteiger partial charge in [0, 0.05) is 12.1 Å². The Kier molecular flexibility index (Phi) is 8.42. The van der Waals surface area contributed by atoms with Crippen molar-refractivity contribution in [3.05, 3.63) is 60.2 Å². The van der Waals surface area contributed by atoms with E-state index < -0.39 is 46.6 Å². The summed E-state index contributed by atoms with van der Waals surface area (Å²) in [7, 11) is 0. The van der Waals surface area contributed by atoms with Crippen LogP contribution < -0.4 is 0 Å². The standard InChI is InChI=1S/C35H48N2O6/c1-32(2,3)23-33(4,5)36-19-14-18-35-26(27-31(41)42-20-13-8-7-12-17-34(27,6)43-35)29(39)37(28(35)30(36)40)25(22-38)21-24-15-10-9-11-16-24/h9-12,14-18,25-28,38H,7-8,13,19-23H2,1-6H3/b17-12-/t25-,26+,27-,28?,34+,35+/m1/s1. The lowest BCUT2D eigenvalue weighted by Gasteiger charge is -2.45. The molecule has 0 saturated carbocycles. The smallest absolute Gasteiger partial charge is 0.313 e. The summed E-state index contributed by atoms with van der Waals surface area (Å²) in [6.07, 6.45) is 11.2. The third-order valence-corrected chi connectivity index (χ3v) is 9.55. The molecule has 1 N–H and O–H groups in total. The quantitative estimate of drug-likeness (QED) is 0.387. The Labute approximate surface area is 256 Å². The molecule has 4 aliphatic rings. The number of hydrogen-bond acceptors (Lipinski definition) is 6. The van der Waals surface area contributed by atoms with Crippen molar-refractivity contribution in [1.29, 1.82) is 0 Å². The van der Waals surface area contributed by atoms with Gasteiger partial charge in [-0.05, 0) is 63.9 Å². The second-order valence-electron chi connectivity index (χ2n) is 14.7. The van der Waals surface area contributed by atoms with Gasteiger partial charge in [0.15, 0.2) is 0 Å². The maximum absolute atomic E-state index is 15.0. The number of aliphatic hydroxyl groups excluding tert-OH is 1. The van der Waals surface area contributed by atoms with E-state index in [9.17, 15) is 19.5 Å². The number of aliphatic hydroxyl groups is 1. The number of fused-ring (bicyclic) bond motifs is 2. The fourth-order valence-corrected chi connectivity index (χ4v) is 8.21. The van der Waals surface area contributed by atoms with Crippen LogP contribution in [-0.4, -0.2) is 81.3 Å². The minimum Gasteiger partial charge on any atom is -0.465 e. The summed E-state index contributed by atoms with van der Waals surface area (Å²) in [4.78, 5) is 46.9. The predicted octanol–water partition coefficient (Wildman–Crippen LogP) is 4.46. The van der Waals surface area contributed by atoms with Gasteiger partial charge >= 0.3 is 5.97 Å². The Balaban J connectivity index is 1.66. The number of nitrogens with zero attached hydrogens (tertiary/aromatic N) is 2. The molecule has 2 saturated heterocycles. The molecule has 1 unspecified atom stereocenters. The Hall–Kier alpha value is -2.97. The zero-order valence-corrected chi connectivity index (χ0v) is 26.5. The van der Waals surface area contributed by atoms with E-state index in [1.807, 2.05) is 66.5 Å². The summed E-state index contributed by atoms with van der Waals surface area (Å²) < 4.78 is 12.7. The van der Waals surface area contributed by atoms with Gasteiger partial charge in [0.1, 0.15) is 17.6 Å². The molecule has 0 bridgehead atoms. The molecule has 0 aliphatic carbocycles. The lowest BCUT2D eigenvalue weighted by atomic mass is 9.74. The highest BCUT2D eigenvalue weighted by molar-refractivity contribution is 5.99. The van der Waals surface area contributed by atoms with Crippen molar-refractivity contribution in [2.24, 2.45) is 17.3 Å². The van der Waals surface area contributed by atoms with Crippen molar-refractivity contribution in [3.63, 3.8) is 0 Å². The molecule has 5 rings (SSSR count). The number of benzene rings is 1. The fraction of sp³-hybridized carbons (Fsp3) is 0.629. The number of carbonyl (C=O) groups excluding carboxylic acids is 3. The molecular weight excluding hydrogens is 544 g/mol. The van der Waals surface area contributed by atoms with Crippen molar-refractivity contribution in [1.82, 2.24) is 9.80 Å². The van der Waals surface area contributed by atoms with E-state index >= 15 is 0 Å². The van der Waals surface area contributed by atoms with Crippen LogP contribution in [0.15, 0.2) is 54.6 Å². The number of hydrogen-bond donors (Lipinski definition) is 1. The van der Waals surface area contributed by atoms with Crippen LogP contribution in [-0.2, 0) is 30.3 Å². The van der Waals surface area contributed by atoms with Crippen molar-refractivity contribution in [2.45, 2.75) is 102 Å². The number of carbonyl (C=O) groups is 3. The van der Waals surface area contributed by atoms with Gasteiger partial charge < -0.3 is 24.4 Å². The molecule has 1 spiro atoms. The number of esters is 1. The fourth-order valence-electron chi connectivity index (χ4n) is 8.21. The normalized spacial score (nSPS) is 32.9. The van der Waals surface area contributed by atoms with Gasteiger partial charge in [0.25, 0.3) is 0 Å². The number of likely N-dealkylation sites (tertiary alicyclic amines) is 1. The monoisotopic (exact) mass is 592 g/mol. The van der Waals surface area contributed by atoms with Crippen LogP contribution in [0.25, 0.3) is 0 Å². The molecule has 4 aliphatic heterocycles. The molecule has 6 atom stereocenters. The van der Waals surface area contributed by atoms with Gasteiger partial charge in [-0.25, -0.2) is 0 Å². The third kappa shape index (κ3) is 5.68. The Morgan fingerprint density at radius 3 is 2.37 bits per heavy atom. The van der Waals surface area contributed by atoms with Gasteiger partial charge in [0.05, 0.1) is 30.8 Å². The van der Waals surface area contributed by atoms with E-state index in [0.29, 0.717) is 13.0 Å². The van der Waals surface area contributed by atoms with E-state index in [-0.39, 0.29) is 30.4 Å². The summed E-state index contributed by atoms with van der Waals surface area (Å²) in [6.45, 7) is 12.7. The van der Waals surface area contributed by atoms with E-state index in [2.05, 4.69) is 34.6 Å². The van der Waals surface area contributed by atoms with Crippen LogP contribution in [0.1, 0.15) is 72.8 Å². The van der Waals surface area contributed by atoms with Crippen molar-refractivity contribution >= 4 is 17.8 Å². The maximum atomic E-state index is 15.0. The topological polar surface area (TPSA) is 96.4 Å². The molecule has 2 fully saturated rings. The first kappa shape index (κ1) is 31.5. The number of ether oxygens (including phenoxy) is 2. The molecule has 1 aromatic carbocycles. The van der Waals surface area contributed by atoms with Crippen LogP contribution in [0.4, 0.5) is 0 Å². The average molecular weight is 593 g/mol. The average Bonchev–Trinajstić information content (AvgIpc) is 3.25. The molecule has 8 heteroatoms. The van der Waals surface area contributed by atoms with Crippen LogP contribution in [0, 0.1) is 17.3 Å². The van der Waals surface area contributed by atoms with Gasteiger partial charge in [-0.1, -0.05) is 75.4 Å². The molecule has 0 radical (unpaired) electrons. The zero-order valence-electron chi connectivity index (χ0n) is 26.5. The predicted molar refractivity (Wildman–Crippen MR) is 164 cm³/mol. The first-order valence-corrected chi connectivity index (χ1v) is 15.7. The van der Waals surface area contributed by atoms with Gasteiger partial charge in [-0.15, -0.1) is 0 Å². The minimum absolute atomic E-state index is 0.0551. The number of amides is 2. The van der Waals surface area contributed by atoms with E-state index in [1.54, 1.807) is 4.90 Å². The molecular formula is C35H48N2O6. The summed E-state index contributed by atoms with van der Waals surface area (Å²) in [5.41, 5.74) is -2.20. The van der Waals surface area contributed by atoms with Crippen molar-refractivity contribution < 1.29 is 29.0 Å². The SMILES string of the molecule is CC(C)(C)CC(C)(C)N1CC=C[C@]23O[C@@]4(C)/C=C\CCCCOC(=O)[C@H]4[C@H]2C(=O)N([C@@H](CO)Cc2ccccc2)C3C1=O. The highest BCUT2D eigenvalue weighted by atomic mass is 16.6. The number of rotatable bonds is 6. The maximum Gasteiger partial charge on any atom is 0.313 e. The third-order valence-electron chi connectivity index (χ3n) is 9.55. The molecule has 234 valence electrons. The Bertz CT molecular complexity index is 1280. The highest BCUT2D eigenvalue weighted by Crippen LogP contribution is 2.58. The summed E-state index contributed by atoms with van der Waals surface area (Å²) >= 11 is 0. The summed E-state index contributed by atoms with van der Waals surface area (Å²) in [5, 5.41) is 10.8. The Morgan fingerprint density at radius 1 is 0.977 bits per heavy atom. The summed E-state index contributed by atoms with van der Waals surface area (Å²) in [6, 6.07) is 7.90. The molecule has 2 amide bonds. The molecule has 8 nitrogen and oxygen atoms in total. The highest BCUT2D eigenvalue weighted by Gasteiger charge is 2.75. The Morgan fingerprint density at radius 2 is 1.70 bits per heavy atom. The van der Waals surface area contributed by atoms with E-state index in [0.717, 1.165) is 31.2 Å².